The van der Waals surface area contributed by atoms with E-state index in [1.807, 2.05) is 24.3 Å². The third-order valence-electron chi connectivity index (χ3n) is 4.09. The predicted octanol–water partition coefficient (Wildman–Crippen LogP) is 4.73. The predicted molar refractivity (Wildman–Crippen MR) is 112 cm³/mol. The van der Waals surface area contributed by atoms with Crippen LogP contribution in [0.4, 0.5) is 5.69 Å². The first-order valence-electron chi connectivity index (χ1n) is 8.27. The number of anilines is 1. The largest absolute Gasteiger partial charge is 0.482 e. The molecule has 8 heteroatoms. The average Bonchev–Trinajstić information content (AvgIpc) is 3.25. The van der Waals surface area contributed by atoms with Crippen LogP contribution in [0.2, 0.25) is 10.0 Å². The van der Waals surface area contributed by atoms with Crippen molar-refractivity contribution in [2.24, 2.45) is 4.99 Å². The highest BCUT2D eigenvalue weighted by Crippen LogP contribution is 2.35. The van der Waals surface area contributed by atoms with Gasteiger partial charge in [0.2, 0.25) is 0 Å². The van der Waals surface area contributed by atoms with Gasteiger partial charge in [0.25, 0.3) is 5.91 Å². The van der Waals surface area contributed by atoms with Gasteiger partial charge in [0.05, 0.1) is 17.3 Å². The van der Waals surface area contributed by atoms with Crippen molar-refractivity contribution in [3.63, 3.8) is 0 Å². The smallest absolute Gasteiger partial charge is 0.262 e. The van der Waals surface area contributed by atoms with Crippen LogP contribution in [-0.4, -0.2) is 35.7 Å². The van der Waals surface area contributed by atoms with Crippen molar-refractivity contribution in [2.75, 3.05) is 25.0 Å². The van der Waals surface area contributed by atoms with E-state index in [1.54, 1.807) is 30.0 Å². The molecule has 0 spiro atoms. The van der Waals surface area contributed by atoms with Crippen molar-refractivity contribution in [1.82, 2.24) is 4.90 Å². The Hall–Kier alpha value is -2.15. The molecule has 0 aliphatic carbocycles. The zero-order valence-electron chi connectivity index (χ0n) is 14.1. The third-order valence-corrected chi connectivity index (χ3v) is 5.52. The zero-order valence-corrected chi connectivity index (χ0v) is 16.4. The van der Waals surface area contributed by atoms with Gasteiger partial charge in [-0.2, -0.15) is 0 Å². The number of carbonyl (C=O) groups excluding carboxylic acids is 1. The third kappa shape index (κ3) is 4.08. The molecule has 4 rings (SSSR count). The van der Waals surface area contributed by atoms with Crippen molar-refractivity contribution in [3.8, 4) is 5.75 Å². The first kappa shape index (κ1) is 18.2. The molecule has 0 atom stereocenters. The number of fused-ring (bicyclic) bond motifs is 1. The fourth-order valence-corrected chi connectivity index (χ4v) is 4.23. The number of nitrogens with zero attached hydrogens (tertiary/aromatic N) is 2. The summed E-state index contributed by atoms with van der Waals surface area (Å²) in [5, 5.41) is 6.86. The SMILES string of the molecule is O=C(COc1ccc(Cl)cc1Cl)Nc1ccc(C2=CSC3=NCCN23)cc1. The first-order chi connectivity index (χ1) is 13.1. The summed E-state index contributed by atoms with van der Waals surface area (Å²) in [6.45, 7) is 1.61. The van der Waals surface area contributed by atoms with E-state index >= 15 is 0 Å². The van der Waals surface area contributed by atoms with Gasteiger partial charge in [-0.3, -0.25) is 9.79 Å². The molecule has 1 amide bonds. The molecule has 2 aliphatic rings. The minimum absolute atomic E-state index is 0.140. The van der Waals surface area contributed by atoms with Crippen LogP contribution in [0.15, 0.2) is 52.9 Å². The Kier molecular flexibility index (Phi) is 5.29. The monoisotopic (exact) mass is 419 g/mol. The number of amides is 1. The average molecular weight is 420 g/mol. The number of carbonyl (C=O) groups is 1. The fraction of sp³-hybridized carbons (Fsp3) is 0.158. The molecule has 2 aromatic carbocycles. The Balaban J connectivity index is 1.34. The topological polar surface area (TPSA) is 53.9 Å². The highest BCUT2D eigenvalue weighted by molar-refractivity contribution is 8.16. The molecule has 0 bridgehead atoms. The van der Waals surface area contributed by atoms with Gasteiger partial charge in [0.15, 0.2) is 11.8 Å². The summed E-state index contributed by atoms with van der Waals surface area (Å²) in [5.41, 5.74) is 2.95. The molecule has 138 valence electrons. The molecular formula is C19H15Cl2N3O2S. The lowest BCUT2D eigenvalue weighted by atomic mass is 10.1. The number of amidine groups is 1. The number of aliphatic imine (C=N–C) groups is 1. The Morgan fingerprint density at radius 2 is 2.04 bits per heavy atom. The molecule has 0 fully saturated rings. The van der Waals surface area contributed by atoms with E-state index in [0.717, 1.165) is 29.5 Å². The molecule has 0 saturated heterocycles. The van der Waals surface area contributed by atoms with E-state index in [4.69, 9.17) is 27.9 Å². The van der Waals surface area contributed by atoms with E-state index in [1.165, 1.54) is 0 Å². The maximum atomic E-state index is 12.1. The Morgan fingerprint density at radius 1 is 1.22 bits per heavy atom. The van der Waals surface area contributed by atoms with Crippen molar-refractivity contribution < 1.29 is 9.53 Å². The molecule has 0 unspecified atom stereocenters. The van der Waals surface area contributed by atoms with Gasteiger partial charge in [-0.1, -0.05) is 47.1 Å². The summed E-state index contributed by atoms with van der Waals surface area (Å²) in [5.74, 6) is 0.152. The van der Waals surface area contributed by atoms with Gasteiger partial charge in [0.1, 0.15) is 5.75 Å². The van der Waals surface area contributed by atoms with Gasteiger partial charge in [-0.25, -0.2) is 0 Å². The van der Waals surface area contributed by atoms with Crippen LogP contribution >= 0.6 is 35.0 Å². The van der Waals surface area contributed by atoms with Crippen LogP contribution in [0, 0.1) is 0 Å². The van der Waals surface area contributed by atoms with Gasteiger partial charge >= 0.3 is 0 Å². The van der Waals surface area contributed by atoms with E-state index in [2.05, 4.69) is 20.6 Å². The molecule has 2 heterocycles. The van der Waals surface area contributed by atoms with Crippen molar-refractivity contribution in [3.05, 3.63) is 63.5 Å². The van der Waals surface area contributed by atoms with Crippen LogP contribution in [0.5, 0.6) is 5.75 Å². The first-order valence-corrected chi connectivity index (χ1v) is 9.91. The number of ether oxygens (including phenoxy) is 1. The molecule has 0 saturated carbocycles. The van der Waals surface area contributed by atoms with Crippen LogP contribution in [-0.2, 0) is 4.79 Å². The number of rotatable bonds is 5. The molecule has 5 nitrogen and oxygen atoms in total. The lowest BCUT2D eigenvalue weighted by molar-refractivity contribution is -0.118. The maximum absolute atomic E-state index is 12.1. The minimum Gasteiger partial charge on any atom is -0.482 e. The fourth-order valence-electron chi connectivity index (χ4n) is 2.80. The molecule has 0 radical (unpaired) electrons. The quantitative estimate of drug-likeness (QED) is 0.760. The summed E-state index contributed by atoms with van der Waals surface area (Å²) in [6, 6.07) is 12.6. The molecule has 1 N–H and O–H groups in total. The van der Waals surface area contributed by atoms with E-state index in [0.29, 0.717) is 21.5 Å². The summed E-state index contributed by atoms with van der Waals surface area (Å²) in [4.78, 5) is 18.8. The Labute approximate surface area is 171 Å². The molecular weight excluding hydrogens is 405 g/mol. The van der Waals surface area contributed by atoms with Gasteiger partial charge < -0.3 is 15.0 Å². The lowest BCUT2D eigenvalue weighted by Gasteiger charge is -2.17. The number of hydrogen-bond acceptors (Lipinski definition) is 5. The number of hydrogen-bond donors (Lipinski definition) is 1. The Bertz CT molecular complexity index is 944. The number of nitrogens with one attached hydrogen (secondary N) is 1. The highest BCUT2D eigenvalue weighted by Gasteiger charge is 2.26. The molecule has 27 heavy (non-hydrogen) atoms. The van der Waals surface area contributed by atoms with Gasteiger partial charge in [-0.15, -0.1) is 0 Å². The second-order valence-electron chi connectivity index (χ2n) is 5.93. The van der Waals surface area contributed by atoms with Gasteiger partial charge in [0, 0.05) is 22.7 Å². The van der Waals surface area contributed by atoms with Crippen LogP contribution in [0.3, 0.4) is 0 Å². The summed E-state index contributed by atoms with van der Waals surface area (Å²) >= 11 is 13.5. The van der Waals surface area contributed by atoms with E-state index in [-0.39, 0.29) is 12.5 Å². The maximum Gasteiger partial charge on any atom is 0.262 e. The Morgan fingerprint density at radius 3 is 2.81 bits per heavy atom. The number of thioether (sulfide) groups is 1. The summed E-state index contributed by atoms with van der Waals surface area (Å²) in [6.07, 6.45) is 0. The summed E-state index contributed by atoms with van der Waals surface area (Å²) in [7, 11) is 0. The highest BCUT2D eigenvalue weighted by atomic mass is 35.5. The second-order valence-corrected chi connectivity index (χ2v) is 7.61. The number of halogens is 2. The molecule has 2 aromatic rings. The molecule has 2 aliphatic heterocycles. The number of benzene rings is 2. The van der Waals surface area contributed by atoms with Crippen LogP contribution in [0.1, 0.15) is 5.56 Å². The molecule has 0 aromatic heterocycles. The van der Waals surface area contributed by atoms with Gasteiger partial charge in [-0.05, 0) is 35.9 Å². The standard InChI is InChI=1S/C19H15Cl2N3O2S/c20-13-3-6-17(15(21)9-13)26-10-18(25)23-14-4-1-12(2-5-14)16-11-27-19-22-7-8-24(16)19/h1-6,9,11H,7-8,10H2,(H,23,25). The second kappa shape index (κ2) is 7.84. The van der Waals surface area contributed by atoms with Crippen molar-refractivity contribution in [2.45, 2.75) is 0 Å². The van der Waals surface area contributed by atoms with Crippen molar-refractivity contribution in [1.29, 1.82) is 0 Å². The van der Waals surface area contributed by atoms with E-state index < -0.39 is 0 Å². The van der Waals surface area contributed by atoms with Crippen LogP contribution < -0.4 is 10.1 Å². The van der Waals surface area contributed by atoms with Crippen molar-refractivity contribution >= 4 is 57.4 Å². The normalized spacial score (nSPS) is 15.3. The minimum atomic E-state index is -0.265. The van der Waals surface area contributed by atoms with E-state index in [9.17, 15) is 4.79 Å². The van der Waals surface area contributed by atoms with Crippen LogP contribution in [0.25, 0.3) is 5.70 Å². The zero-order chi connectivity index (χ0) is 18.8. The summed E-state index contributed by atoms with van der Waals surface area (Å²) < 4.78 is 5.44. The lowest BCUT2D eigenvalue weighted by Crippen LogP contribution is -2.21.